The fourth-order valence-electron chi connectivity index (χ4n) is 2.94. The van der Waals surface area contributed by atoms with E-state index in [1.54, 1.807) is 12.1 Å². The predicted molar refractivity (Wildman–Crippen MR) is 53.7 cm³/mol. The van der Waals surface area contributed by atoms with Crippen LogP contribution in [0.15, 0.2) is 18.2 Å². The SMILES string of the molecule is NCC1CC2(CC2)c2c(F)cccc21. The fourth-order valence-corrected chi connectivity index (χ4v) is 2.94. The second-order valence-corrected chi connectivity index (χ2v) is 4.62. The molecule has 0 aliphatic heterocycles. The first-order valence-electron chi connectivity index (χ1n) is 5.26. The minimum atomic E-state index is -0.0176. The number of hydrogen-bond acceptors (Lipinski definition) is 1. The van der Waals surface area contributed by atoms with Crippen LogP contribution < -0.4 is 5.73 Å². The van der Waals surface area contributed by atoms with Gasteiger partial charge >= 0.3 is 0 Å². The molecule has 2 heteroatoms. The first-order chi connectivity index (χ1) is 6.77. The molecule has 2 aliphatic rings. The van der Waals surface area contributed by atoms with Gasteiger partial charge in [0.2, 0.25) is 0 Å². The zero-order chi connectivity index (χ0) is 9.76. The van der Waals surface area contributed by atoms with Crippen molar-refractivity contribution in [1.29, 1.82) is 0 Å². The summed E-state index contributed by atoms with van der Waals surface area (Å²) in [5, 5.41) is 0. The van der Waals surface area contributed by atoms with Crippen LogP contribution >= 0.6 is 0 Å². The third-order valence-corrected chi connectivity index (χ3v) is 3.79. The summed E-state index contributed by atoms with van der Waals surface area (Å²) in [6.07, 6.45) is 3.37. The summed E-state index contributed by atoms with van der Waals surface area (Å²) in [7, 11) is 0. The van der Waals surface area contributed by atoms with Crippen LogP contribution in [0.25, 0.3) is 0 Å². The highest BCUT2D eigenvalue weighted by Gasteiger charge is 2.53. The molecule has 1 spiro atoms. The predicted octanol–water partition coefficient (Wildman–Crippen LogP) is 2.30. The van der Waals surface area contributed by atoms with Gasteiger partial charge in [0.1, 0.15) is 5.82 Å². The van der Waals surface area contributed by atoms with Crippen molar-refractivity contribution < 1.29 is 4.39 Å². The molecule has 1 fully saturated rings. The fraction of sp³-hybridized carbons (Fsp3) is 0.500. The number of fused-ring (bicyclic) bond motifs is 2. The van der Waals surface area contributed by atoms with Crippen molar-refractivity contribution in [2.75, 3.05) is 6.54 Å². The molecule has 0 heterocycles. The van der Waals surface area contributed by atoms with Gasteiger partial charge in [0, 0.05) is 0 Å². The van der Waals surface area contributed by atoms with Gasteiger partial charge in [-0.1, -0.05) is 12.1 Å². The summed E-state index contributed by atoms with van der Waals surface area (Å²) in [6, 6.07) is 5.43. The lowest BCUT2D eigenvalue weighted by molar-refractivity contribution is 0.555. The van der Waals surface area contributed by atoms with Crippen molar-refractivity contribution in [2.24, 2.45) is 5.73 Å². The quantitative estimate of drug-likeness (QED) is 0.724. The highest BCUT2D eigenvalue weighted by molar-refractivity contribution is 5.47. The maximum absolute atomic E-state index is 13.7. The van der Waals surface area contributed by atoms with Crippen molar-refractivity contribution in [3.63, 3.8) is 0 Å². The second kappa shape index (κ2) is 2.57. The Morgan fingerprint density at radius 2 is 2.21 bits per heavy atom. The van der Waals surface area contributed by atoms with Gasteiger partial charge in [0.25, 0.3) is 0 Å². The Labute approximate surface area is 83.1 Å². The van der Waals surface area contributed by atoms with Crippen LogP contribution in [-0.4, -0.2) is 6.54 Å². The van der Waals surface area contributed by atoms with Crippen LogP contribution in [0.2, 0.25) is 0 Å². The van der Waals surface area contributed by atoms with Crippen molar-refractivity contribution >= 4 is 0 Å². The average Bonchev–Trinajstić information content (AvgIpc) is 2.85. The van der Waals surface area contributed by atoms with Gasteiger partial charge in [-0.2, -0.15) is 0 Å². The summed E-state index contributed by atoms with van der Waals surface area (Å²) < 4.78 is 13.7. The molecule has 0 amide bonds. The summed E-state index contributed by atoms with van der Waals surface area (Å²) in [5.74, 6) is 0.374. The maximum Gasteiger partial charge on any atom is 0.127 e. The molecule has 2 N–H and O–H groups in total. The summed E-state index contributed by atoms with van der Waals surface area (Å²) in [4.78, 5) is 0. The molecule has 14 heavy (non-hydrogen) atoms. The smallest absolute Gasteiger partial charge is 0.127 e. The van der Waals surface area contributed by atoms with E-state index >= 15 is 0 Å². The molecule has 1 aromatic rings. The Hall–Kier alpha value is -0.890. The number of halogens is 1. The summed E-state index contributed by atoms with van der Waals surface area (Å²) >= 11 is 0. The molecule has 1 aromatic carbocycles. The van der Waals surface area contributed by atoms with Gasteiger partial charge < -0.3 is 5.73 Å². The van der Waals surface area contributed by atoms with Crippen molar-refractivity contribution in [3.8, 4) is 0 Å². The van der Waals surface area contributed by atoms with E-state index in [2.05, 4.69) is 0 Å². The lowest BCUT2D eigenvalue weighted by Gasteiger charge is -2.07. The van der Waals surface area contributed by atoms with E-state index in [1.807, 2.05) is 6.07 Å². The van der Waals surface area contributed by atoms with E-state index in [-0.39, 0.29) is 11.2 Å². The third kappa shape index (κ3) is 0.921. The molecule has 2 aliphatic carbocycles. The number of nitrogens with two attached hydrogens (primary N) is 1. The van der Waals surface area contributed by atoms with Crippen LogP contribution in [0.3, 0.4) is 0 Å². The molecule has 1 atom stereocenters. The van der Waals surface area contributed by atoms with E-state index in [9.17, 15) is 4.39 Å². The van der Waals surface area contributed by atoms with Crippen LogP contribution in [0, 0.1) is 5.82 Å². The molecule has 0 radical (unpaired) electrons. The number of hydrogen-bond donors (Lipinski definition) is 1. The zero-order valence-electron chi connectivity index (χ0n) is 8.09. The van der Waals surface area contributed by atoms with Gasteiger partial charge in [-0.15, -0.1) is 0 Å². The lowest BCUT2D eigenvalue weighted by Crippen LogP contribution is -2.10. The van der Waals surface area contributed by atoms with Crippen LogP contribution in [-0.2, 0) is 5.41 Å². The van der Waals surface area contributed by atoms with Crippen molar-refractivity contribution in [1.82, 2.24) is 0 Å². The lowest BCUT2D eigenvalue weighted by atomic mass is 9.98. The molecule has 74 valence electrons. The molecular weight excluding hydrogens is 177 g/mol. The first kappa shape index (κ1) is 8.42. The largest absolute Gasteiger partial charge is 0.330 e. The zero-order valence-corrected chi connectivity index (χ0v) is 8.09. The summed E-state index contributed by atoms with van der Waals surface area (Å²) in [5.41, 5.74) is 8.06. The molecule has 0 saturated heterocycles. The normalized spacial score (nSPS) is 26.6. The van der Waals surface area contributed by atoms with Crippen LogP contribution in [0.5, 0.6) is 0 Å². The Bertz CT molecular complexity index is 382. The van der Waals surface area contributed by atoms with Crippen molar-refractivity contribution in [3.05, 3.63) is 35.1 Å². The van der Waals surface area contributed by atoms with Gasteiger partial charge in [-0.25, -0.2) is 4.39 Å². The van der Waals surface area contributed by atoms with E-state index in [1.165, 1.54) is 5.56 Å². The monoisotopic (exact) mass is 191 g/mol. The molecule has 0 bridgehead atoms. The Kier molecular flexibility index (Phi) is 1.55. The first-order valence-corrected chi connectivity index (χ1v) is 5.26. The molecule has 1 nitrogen and oxygen atoms in total. The van der Waals surface area contributed by atoms with E-state index in [0.29, 0.717) is 12.5 Å². The molecule has 3 rings (SSSR count). The molecule has 0 aromatic heterocycles. The van der Waals surface area contributed by atoms with Crippen LogP contribution in [0.1, 0.15) is 36.3 Å². The van der Waals surface area contributed by atoms with E-state index in [4.69, 9.17) is 5.73 Å². The van der Waals surface area contributed by atoms with Gasteiger partial charge in [-0.05, 0) is 54.3 Å². The van der Waals surface area contributed by atoms with Crippen molar-refractivity contribution in [2.45, 2.75) is 30.6 Å². The van der Waals surface area contributed by atoms with Gasteiger partial charge in [-0.3, -0.25) is 0 Å². The molecule has 1 saturated carbocycles. The van der Waals surface area contributed by atoms with E-state index < -0.39 is 0 Å². The topological polar surface area (TPSA) is 26.0 Å². The van der Waals surface area contributed by atoms with Gasteiger partial charge in [0.05, 0.1) is 0 Å². The summed E-state index contributed by atoms with van der Waals surface area (Å²) in [6.45, 7) is 0.651. The highest BCUT2D eigenvalue weighted by Crippen LogP contribution is 2.60. The number of benzene rings is 1. The Morgan fingerprint density at radius 3 is 2.86 bits per heavy atom. The maximum atomic E-state index is 13.7. The van der Waals surface area contributed by atoms with E-state index in [0.717, 1.165) is 24.8 Å². The average molecular weight is 191 g/mol. The highest BCUT2D eigenvalue weighted by atomic mass is 19.1. The second-order valence-electron chi connectivity index (χ2n) is 4.62. The van der Waals surface area contributed by atoms with Gasteiger partial charge in [0.15, 0.2) is 0 Å². The molecular formula is C12H14FN. The minimum absolute atomic E-state index is 0.0176. The standard InChI is InChI=1S/C12H14FN/c13-10-3-1-2-9-8(7-14)6-12(4-5-12)11(9)10/h1-3,8H,4-7,14H2. The Balaban J connectivity index is 2.18. The Morgan fingerprint density at radius 1 is 1.43 bits per heavy atom. The van der Waals surface area contributed by atoms with Crippen LogP contribution in [0.4, 0.5) is 4.39 Å². The minimum Gasteiger partial charge on any atom is -0.330 e. The number of rotatable bonds is 1. The molecule has 1 unspecified atom stereocenters. The third-order valence-electron chi connectivity index (χ3n) is 3.79.